The van der Waals surface area contributed by atoms with E-state index in [1.807, 2.05) is 48.1 Å². The molecule has 0 saturated carbocycles. The number of aromatic nitrogens is 2. The van der Waals surface area contributed by atoms with E-state index in [1.54, 1.807) is 13.2 Å². The Labute approximate surface area is 147 Å². The maximum absolute atomic E-state index is 6.10. The van der Waals surface area contributed by atoms with E-state index >= 15 is 0 Å². The Hall–Kier alpha value is -2.21. The Morgan fingerprint density at radius 1 is 1.33 bits per heavy atom. The zero-order valence-electron chi connectivity index (χ0n) is 14.1. The number of hydrogen-bond donors (Lipinski definition) is 2. The van der Waals surface area contributed by atoms with Crippen molar-refractivity contribution in [3.63, 3.8) is 0 Å². The summed E-state index contributed by atoms with van der Waals surface area (Å²) in [7, 11) is 1.75. The summed E-state index contributed by atoms with van der Waals surface area (Å²) in [5.74, 6) is 1.45. The fourth-order valence-corrected chi connectivity index (χ4v) is 2.32. The number of ether oxygens (including phenoxy) is 1. The van der Waals surface area contributed by atoms with Gasteiger partial charge < -0.3 is 15.4 Å². The standard InChI is InChI=1S/C17H24ClN5O/c1-14(24-16-8-4-3-7-15(16)18)13-21-17(19-2)20-9-5-11-23-12-6-10-22-23/h3-4,6-8,10,12,14H,5,9,11,13H2,1-2H3,(H2,19,20,21). The Kier molecular flexibility index (Phi) is 7.42. The lowest BCUT2D eigenvalue weighted by Gasteiger charge is -2.18. The summed E-state index contributed by atoms with van der Waals surface area (Å²) >= 11 is 6.10. The van der Waals surface area contributed by atoms with Crippen LogP contribution in [0.25, 0.3) is 0 Å². The third kappa shape index (κ3) is 6.12. The lowest BCUT2D eigenvalue weighted by atomic mass is 10.3. The van der Waals surface area contributed by atoms with E-state index in [0.717, 1.165) is 25.5 Å². The van der Waals surface area contributed by atoms with Crippen LogP contribution in [0.3, 0.4) is 0 Å². The highest BCUT2D eigenvalue weighted by Crippen LogP contribution is 2.23. The zero-order valence-corrected chi connectivity index (χ0v) is 14.8. The van der Waals surface area contributed by atoms with Gasteiger partial charge in [0.1, 0.15) is 11.9 Å². The van der Waals surface area contributed by atoms with Gasteiger partial charge in [-0.1, -0.05) is 23.7 Å². The Bertz CT molecular complexity index is 630. The minimum absolute atomic E-state index is 0.0347. The molecule has 0 radical (unpaired) electrons. The number of nitrogens with zero attached hydrogens (tertiary/aromatic N) is 3. The van der Waals surface area contributed by atoms with Crippen molar-refractivity contribution in [1.82, 2.24) is 20.4 Å². The Balaban J connectivity index is 1.66. The van der Waals surface area contributed by atoms with Crippen LogP contribution in [-0.2, 0) is 6.54 Å². The van der Waals surface area contributed by atoms with E-state index in [9.17, 15) is 0 Å². The molecule has 0 aliphatic rings. The molecule has 2 rings (SSSR count). The van der Waals surface area contributed by atoms with Gasteiger partial charge in [0.15, 0.2) is 5.96 Å². The van der Waals surface area contributed by atoms with Gasteiger partial charge >= 0.3 is 0 Å². The molecule has 130 valence electrons. The monoisotopic (exact) mass is 349 g/mol. The summed E-state index contributed by atoms with van der Waals surface area (Å²) in [5.41, 5.74) is 0. The number of aliphatic imine (C=N–C) groups is 1. The van der Waals surface area contributed by atoms with Crippen LogP contribution in [0.15, 0.2) is 47.7 Å². The van der Waals surface area contributed by atoms with Crippen LogP contribution in [0, 0.1) is 0 Å². The maximum atomic E-state index is 6.10. The number of aryl methyl sites for hydroxylation is 1. The third-order valence-electron chi connectivity index (χ3n) is 3.36. The molecular formula is C17H24ClN5O. The predicted molar refractivity (Wildman–Crippen MR) is 97.8 cm³/mol. The van der Waals surface area contributed by atoms with Crippen LogP contribution in [0.5, 0.6) is 5.75 Å². The summed E-state index contributed by atoms with van der Waals surface area (Å²) in [6.45, 7) is 4.31. The van der Waals surface area contributed by atoms with Crippen molar-refractivity contribution in [3.05, 3.63) is 47.7 Å². The van der Waals surface area contributed by atoms with E-state index in [2.05, 4.69) is 20.7 Å². The number of benzene rings is 1. The van der Waals surface area contributed by atoms with Crippen LogP contribution < -0.4 is 15.4 Å². The molecule has 0 amide bonds. The van der Waals surface area contributed by atoms with Gasteiger partial charge in [0.2, 0.25) is 0 Å². The molecule has 0 aliphatic carbocycles. The van der Waals surface area contributed by atoms with Crippen molar-refractivity contribution < 1.29 is 4.74 Å². The maximum Gasteiger partial charge on any atom is 0.191 e. The fourth-order valence-electron chi connectivity index (χ4n) is 2.14. The van der Waals surface area contributed by atoms with E-state index in [4.69, 9.17) is 16.3 Å². The molecular weight excluding hydrogens is 326 g/mol. The normalized spacial score (nSPS) is 12.7. The van der Waals surface area contributed by atoms with Crippen molar-refractivity contribution in [3.8, 4) is 5.75 Å². The van der Waals surface area contributed by atoms with Gasteiger partial charge in [-0.2, -0.15) is 5.10 Å². The van der Waals surface area contributed by atoms with E-state index < -0.39 is 0 Å². The smallest absolute Gasteiger partial charge is 0.191 e. The highest BCUT2D eigenvalue weighted by atomic mass is 35.5. The fraction of sp³-hybridized carbons (Fsp3) is 0.412. The lowest BCUT2D eigenvalue weighted by Crippen LogP contribution is -2.42. The first-order valence-electron chi connectivity index (χ1n) is 8.02. The van der Waals surface area contributed by atoms with Crippen molar-refractivity contribution in [2.24, 2.45) is 4.99 Å². The van der Waals surface area contributed by atoms with Gasteiger partial charge in [-0.15, -0.1) is 0 Å². The van der Waals surface area contributed by atoms with Crippen LogP contribution in [-0.4, -0.2) is 42.0 Å². The molecule has 0 aliphatic heterocycles. The quantitative estimate of drug-likeness (QED) is 0.437. The van der Waals surface area contributed by atoms with Gasteiger partial charge in [-0.3, -0.25) is 9.67 Å². The summed E-state index contributed by atoms with van der Waals surface area (Å²) in [6, 6.07) is 9.39. The highest BCUT2D eigenvalue weighted by molar-refractivity contribution is 6.32. The summed E-state index contributed by atoms with van der Waals surface area (Å²) in [4.78, 5) is 4.21. The van der Waals surface area contributed by atoms with Crippen molar-refractivity contribution in [2.45, 2.75) is 26.0 Å². The first-order valence-corrected chi connectivity index (χ1v) is 8.40. The molecule has 24 heavy (non-hydrogen) atoms. The van der Waals surface area contributed by atoms with Gasteiger partial charge in [0.25, 0.3) is 0 Å². The minimum Gasteiger partial charge on any atom is -0.487 e. The molecule has 1 unspecified atom stereocenters. The number of guanidine groups is 1. The average molecular weight is 350 g/mol. The third-order valence-corrected chi connectivity index (χ3v) is 3.67. The second-order valence-electron chi connectivity index (χ2n) is 5.36. The van der Waals surface area contributed by atoms with E-state index in [0.29, 0.717) is 17.3 Å². The summed E-state index contributed by atoms with van der Waals surface area (Å²) in [6.07, 6.45) is 4.68. The first kappa shape index (κ1) is 18.1. The predicted octanol–water partition coefficient (Wildman–Crippen LogP) is 2.56. The molecule has 0 saturated heterocycles. The minimum atomic E-state index is -0.0347. The van der Waals surface area contributed by atoms with Crippen LogP contribution in [0.4, 0.5) is 0 Å². The number of rotatable bonds is 8. The van der Waals surface area contributed by atoms with Crippen molar-refractivity contribution in [2.75, 3.05) is 20.1 Å². The zero-order chi connectivity index (χ0) is 17.2. The summed E-state index contributed by atoms with van der Waals surface area (Å²) < 4.78 is 7.74. The molecule has 0 fully saturated rings. The molecule has 7 heteroatoms. The first-order chi connectivity index (χ1) is 11.7. The molecule has 1 atom stereocenters. The van der Waals surface area contributed by atoms with E-state index in [-0.39, 0.29) is 6.10 Å². The average Bonchev–Trinajstić information content (AvgIpc) is 3.10. The van der Waals surface area contributed by atoms with Crippen LogP contribution >= 0.6 is 11.6 Å². The Morgan fingerprint density at radius 2 is 2.17 bits per heavy atom. The summed E-state index contributed by atoms with van der Waals surface area (Å²) in [5, 5.41) is 11.3. The molecule has 1 aromatic carbocycles. The topological polar surface area (TPSA) is 63.5 Å². The Morgan fingerprint density at radius 3 is 2.88 bits per heavy atom. The molecule has 6 nitrogen and oxygen atoms in total. The van der Waals surface area contributed by atoms with Crippen molar-refractivity contribution >= 4 is 17.6 Å². The molecule has 2 N–H and O–H groups in total. The molecule has 0 spiro atoms. The molecule has 1 heterocycles. The van der Waals surface area contributed by atoms with Gasteiger partial charge in [0, 0.05) is 32.5 Å². The highest BCUT2D eigenvalue weighted by Gasteiger charge is 2.07. The number of para-hydroxylation sites is 1. The number of nitrogens with one attached hydrogen (secondary N) is 2. The number of halogens is 1. The lowest BCUT2D eigenvalue weighted by molar-refractivity contribution is 0.224. The largest absolute Gasteiger partial charge is 0.487 e. The van der Waals surface area contributed by atoms with Crippen LogP contribution in [0.1, 0.15) is 13.3 Å². The van der Waals surface area contributed by atoms with Gasteiger partial charge in [-0.25, -0.2) is 0 Å². The second-order valence-corrected chi connectivity index (χ2v) is 5.77. The van der Waals surface area contributed by atoms with Gasteiger partial charge in [-0.05, 0) is 31.5 Å². The van der Waals surface area contributed by atoms with Crippen molar-refractivity contribution in [1.29, 1.82) is 0 Å². The number of hydrogen-bond acceptors (Lipinski definition) is 3. The van der Waals surface area contributed by atoms with Gasteiger partial charge in [0.05, 0.1) is 11.6 Å². The van der Waals surface area contributed by atoms with E-state index in [1.165, 1.54) is 0 Å². The SMILES string of the molecule is CN=C(NCCCn1cccn1)NCC(C)Oc1ccccc1Cl. The second kappa shape index (κ2) is 9.82. The van der Waals surface area contributed by atoms with Crippen LogP contribution in [0.2, 0.25) is 5.02 Å². The molecule has 1 aromatic heterocycles. The molecule has 2 aromatic rings. The molecule has 0 bridgehead atoms.